The minimum absolute atomic E-state index is 0.0398. The third kappa shape index (κ3) is 3.79. The molecule has 1 fully saturated rings. The molecule has 0 aliphatic carbocycles. The molecular weight excluding hydrogens is 348 g/mol. The number of halogens is 1. The van der Waals surface area contributed by atoms with Gasteiger partial charge in [-0.2, -0.15) is 0 Å². The second-order valence-corrected chi connectivity index (χ2v) is 7.49. The van der Waals surface area contributed by atoms with Crippen LogP contribution in [0.2, 0.25) is 5.02 Å². The summed E-state index contributed by atoms with van der Waals surface area (Å²) in [6.45, 7) is 2.49. The van der Waals surface area contributed by atoms with Crippen molar-refractivity contribution in [2.45, 2.75) is 24.5 Å². The molecule has 1 saturated heterocycles. The highest BCUT2D eigenvalue weighted by Crippen LogP contribution is 2.34. The molecule has 136 valence electrons. The van der Waals surface area contributed by atoms with Gasteiger partial charge in [-0.25, -0.2) is 0 Å². The van der Waals surface area contributed by atoms with Gasteiger partial charge < -0.3 is 5.11 Å². The highest BCUT2D eigenvalue weighted by molar-refractivity contribution is 6.30. The third-order valence-electron chi connectivity index (χ3n) is 5.26. The molecule has 2 aromatic rings. The number of hydroxylamine groups is 1. The lowest BCUT2D eigenvalue weighted by Crippen LogP contribution is -2.43. The highest BCUT2D eigenvalue weighted by atomic mass is 35.5. The van der Waals surface area contributed by atoms with Crippen LogP contribution < -0.4 is 5.48 Å². The van der Waals surface area contributed by atoms with Crippen LogP contribution in [0.3, 0.4) is 0 Å². The van der Waals surface area contributed by atoms with Gasteiger partial charge in [-0.1, -0.05) is 54.1 Å². The van der Waals surface area contributed by atoms with E-state index >= 15 is 0 Å². The number of nitrogens with one attached hydrogen (secondary N) is 1. The van der Waals surface area contributed by atoms with Gasteiger partial charge in [-0.3, -0.25) is 15.2 Å². The van der Waals surface area contributed by atoms with Gasteiger partial charge in [-0.05, 0) is 42.2 Å². The van der Waals surface area contributed by atoms with Crippen LogP contribution in [-0.2, 0) is 10.4 Å². The Hall–Kier alpha value is -1.85. The predicted molar refractivity (Wildman–Crippen MR) is 103 cm³/mol. The quantitative estimate of drug-likeness (QED) is 0.859. The van der Waals surface area contributed by atoms with Crippen LogP contribution in [0.15, 0.2) is 66.4 Å². The van der Waals surface area contributed by atoms with Crippen molar-refractivity contribution in [3.8, 4) is 0 Å². The molecule has 26 heavy (non-hydrogen) atoms. The Kier molecular flexibility index (Phi) is 5.00. The molecule has 4 rings (SSSR count). The lowest BCUT2D eigenvalue weighted by molar-refractivity contribution is -0.0257. The van der Waals surface area contributed by atoms with Gasteiger partial charge in [0, 0.05) is 24.7 Å². The van der Waals surface area contributed by atoms with Crippen molar-refractivity contribution in [2.75, 3.05) is 19.6 Å². The zero-order chi connectivity index (χ0) is 18.0. The third-order valence-corrected chi connectivity index (χ3v) is 5.51. The van der Waals surface area contributed by atoms with Crippen LogP contribution >= 0.6 is 11.6 Å². The molecule has 0 saturated carbocycles. The molecule has 0 radical (unpaired) electrons. The fraction of sp³-hybridized carbons (Fsp3) is 0.333. The van der Waals surface area contributed by atoms with Gasteiger partial charge in [0.2, 0.25) is 0 Å². The van der Waals surface area contributed by atoms with Gasteiger partial charge >= 0.3 is 0 Å². The Morgan fingerprint density at radius 3 is 2.46 bits per heavy atom. The maximum atomic E-state index is 11.0. The van der Waals surface area contributed by atoms with Gasteiger partial charge in [-0.15, -0.1) is 0 Å². The number of hydrogen-bond acceptors (Lipinski definition) is 4. The molecule has 0 amide bonds. The topological polar surface area (TPSA) is 44.7 Å². The summed E-state index contributed by atoms with van der Waals surface area (Å²) in [5.41, 5.74) is 5.47. The Bertz CT molecular complexity index is 768. The van der Waals surface area contributed by atoms with E-state index in [0.717, 1.165) is 36.5 Å². The molecule has 0 aromatic heterocycles. The highest BCUT2D eigenvalue weighted by Gasteiger charge is 2.34. The summed E-state index contributed by atoms with van der Waals surface area (Å²) in [4.78, 5) is 8.03. The van der Waals surface area contributed by atoms with E-state index in [9.17, 15) is 5.11 Å². The number of hydrogen-bond donors (Lipinski definition) is 2. The lowest BCUT2D eigenvalue weighted by atomic mass is 9.84. The van der Waals surface area contributed by atoms with E-state index in [-0.39, 0.29) is 6.10 Å². The summed E-state index contributed by atoms with van der Waals surface area (Å²) in [5, 5.41) is 11.7. The minimum atomic E-state index is -0.762. The maximum Gasteiger partial charge on any atom is 0.131 e. The molecule has 2 heterocycles. The predicted octanol–water partition coefficient (Wildman–Crippen LogP) is 3.78. The molecule has 1 unspecified atom stereocenters. The lowest BCUT2D eigenvalue weighted by Gasteiger charge is -2.38. The van der Waals surface area contributed by atoms with Crippen LogP contribution in [0.5, 0.6) is 0 Å². The number of aliphatic hydroxyl groups is 1. The summed E-state index contributed by atoms with van der Waals surface area (Å²) >= 11 is 5.96. The molecule has 2 aliphatic heterocycles. The number of rotatable bonds is 4. The van der Waals surface area contributed by atoms with Gasteiger partial charge in [0.1, 0.15) is 6.10 Å². The molecule has 1 atom stereocenters. The molecular formula is C21H23ClN2O2. The first-order chi connectivity index (χ1) is 12.6. The van der Waals surface area contributed by atoms with E-state index in [1.165, 1.54) is 0 Å². The second-order valence-electron chi connectivity index (χ2n) is 7.06. The number of nitrogens with zero attached hydrogens (tertiary/aromatic N) is 1. The Morgan fingerprint density at radius 1 is 1.08 bits per heavy atom. The SMILES string of the molecule is OC1(c2ccc(Cl)cc2)CCN(CC2=CC(c3ccccc3)ON2)CC1. The van der Waals surface area contributed by atoms with Crippen LogP contribution in [0.25, 0.3) is 0 Å². The molecule has 2 aromatic carbocycles. The first-order valence-electron chi connectivity index (χ1n) is 9.00. The number of piperidine rings is 1. The first-order valence-corrected chi connectivity index (χ1v) is 9.38. The van der Waals surface area contributed by atoms with E-state index in [2.05, 4.69) is 28.6 Å². The molecule has 0 bridgehead atoms. The minimum Gasteiger partial charge on any atom is -0.385 e. The summed E-state index contributed by atoms with van der Waals surface area (Å²) in [6, 6.07) is 17.7. The molecule has 2 N–H and O–H groups in total. The average Bonchev–Trinajstić information content (AvgIpc) is 3.14. The van der Waals surface area contributed by atoms with E-state index in [4.69, 9.17) is 16.4 Å². The summed E-state index contributed by atoms with van der Waals surface area (Å²) in [7, 11) is 0. The summed E-state index contributed by atoms with van der Waals surface area (Å²) in [6.07, 6.45) is 3.52. The van der Waals surface area contributed by atoms with Crippen molar-refractivity contribution in [1.82, 2.24) is 10.4 Å². The summed E-state index contributed by atoms with van der Waals surface area (Å²) in [5.74, 6) is 0. The van der Waals surface area contributed by atoms with Crippen molar-refractivity contribution >= 4 is 11.6 Å². The number of likely N-dealkylation sites (tertiary alicyclic amines) is 1. The average molecular weight is 371 g/mol. The van der Waals surface area contributed by atoms with Crippen LogP contribution in [0.1, 0.15) is 30.1 Å². The molecule has 0 spiro atoms. The van der Waals surface area contributed by atoms with Gasteiger partial charge in [0.05, 0.1) is 11.3 Å². The van der Waals surface area contributed by atoms with E-state index in [1.54, 1.807) is 0 Å². The Balaban J connectivity index is 1.35. The normalized spacial score (nSPS) is 22.7. The molecule has 4 nitrogen and oxygen atoms in total. The van der Waals surface area contributed by atoms with Gasteiger partial charge in [0.15, 0.2) is 0 Å². The van der Waals surface area contributed by atoms with Crippen LogP contribution in [0, 0.1) is 0 Å². The summed E-state index contributed by atoms with van der Waals surface area (Å²) < 4.78 is 0. The fourth-order valence-corrected chi connectivity index (χ4v) is 3.78. The monoisotopic (exact) mass is 370 g/mol. The van der Waals surface area contributed by atoms with Crippen molar-refractivity contribution in [3.05, 3.63) is 82.5 Å². The smallest absolute Gasteiger partial charge is 0.131 e. The zero-order valence-electron chi connectivity index (χ0n) is 14.6. The Labute approximate surface area is 159 Å². The van der Waals surface area contributed by atoms with Crippen LogP contribution in [-0.4, -0.2) is 29.6 Å². The van der Waals surface area contributed by atoms with Crippen molar-refractivity contribution in [3.63, 3.8) is 0 Å². The van der Waals surface area contributed by atoms with Crippen LogP contribution in [0.4, 0.5) is 0 Å². The van der Waals surface area contributed by atoms with Crippen molar-refractivity contribution in [1.29, 1.82) is 0 Å². The zero-order valence-corrected chi connectivity index (χ0v) is 15.3. The van der Waals surface area contributed by atoms with Gasteiger partial charge in [0.25, 0.3) is 0 Å². The van der Waals surface area contributed by atoms with E-state index < -0.39 is 5.60 Å². The maximum absolute atomic E-state index is 11.0. The van der Waals surface area contributed by atoms with Crippen molar-refractivity contribution < 1.29 is 9.94 Å². The first kappa shape index (κ1) is 17.6. The molecule has 2 aliphatic rings. The standard InChI is InChI=1S/C21H23ClN2O2/c22-18-8-6-17(7-9-18)21(25)10-12-24(13-11-21)15-19-14-20(26-23-19)16-4-2-1-3-5-16/h1-9,14,20,23,25H,10-13,15H2. The van der Waals surface area contributed by atoms with E-state index in [1.807, 2.05) is 42.5 Å². The molecule has 5 heteroatoms. The number of benzene rings is 2. The largest absolute Gasteiger partial charge is 0.385 e. The second kappa shape index (κ2) is 7.41. The Morgan fingerprint density at radius 2 is 1.77 bits per heavy atom. The fourth-order valence-electron chi connectivity index (χ4n) is 3.65. The van der Waals surface area contributed by atoms with Crippen molar-refractivity contribution in [2.24, 2.45) is 0 Å². The van der Waals surface area contributed by atoms with E-state index in [0.29, 0.717) is 17.9 Å².